The summed E-state index contributed by atoms with van der Waals surface area (Å²) in [4.78, 5) is 1.88. The van der Waals surface area contributed by atoms with E-state index >= 15 is 0 Å². The maximum absolute atomic E-state index is 8.43. The minimum absolute atomic E-state index is 0.0856. The molecule has 56 valence electrons. The summed E-state index contributed by atoms with van der Waals surface area (Å²) in [6.07, 6.45) is 9.39. The lowest BCUT2D eigenvalue weighted by Gasteiger charge is -2.23. The zero-order valence-corrected chi connectivity index (χ0v) is 6.79. The average Bonchev–Trinajstić information content (AvgIpc) is 2.06. The monoisotopic (exact) mass is 164 g/mol. The van der Waals surface area contributed by atoms with Crippen LogP contribution in [-0.4, -0.2) is 10.3 Å². The van der Waals surface area contributed by atoms with Crippen molar-refractivity contribution < 1.29 is 0 Å². The molecule has 0 aromatic rings. The van der Waals surface area contributed by atoms with E-state index in [4.69, 9.17) is 5.26 Å². The van der Waals surface area contributed by atoms with Crippen LogP contribution in [0.15, 0.2) is 37.2 Å². The van der Waals surface area contributed by atoms with Crippen LogP contribution >= 0.6 is 11.8 Å². The first-order valence-corrected chi connectivity index (χ1v) is 4.06. The minimum atomic E-state index is 0.0856. The lowest BCUT2D eigenvalue weighted by Crippen LogP contribution is -2.21. The van der Waals surface area contributed by atoms with Crippen molar-refractivity contribution in [1.29, 1.82) is 5.26 Å². The third kappa shape index (κ3) is 1.89. The van der Waals surface area contributed by atoms with Crippen molar-refractivity contribution in [3.05, 3.63) is 37.2 Å². The van der Waals surface area contributed by atoms with Gasteiger partial charge >= 0.3 is 0 Å². The van der Waals surface area contributed by atoms with Crippen LogP contribution < -0.4 is 0 Å². The highest BCUT2D eigenvalue weighted by molar-refractivity contribution is 8.04. The van der Waals surface area contributed by atoms with Gasteiger partial charge < -0.3 is 4.90 Å². The Hall–Kier alpha value is -1.14. The normalized spacial score (nSPS) is 21.4. The summed E-state index contributed by atoms with van der Waals surface area (Å²) in [5.74, 6) is 0. The number of nitriles is 1. The lowest BCUT2D eigenvalue weighted by atomic mass is 10.4. The largest absolute Gasteiger partial charge is 0.338 e. The third-order valence-corrected chi connectivity index (χ3v) is 2.07. The molecule has 2 nitrogen and oxygen atoms in total. The number of hydrogen-bond acceptors (Lipinski definition) is 3. The van der Waals surface area contributed by atoms with E-state index in [1.807, 2.05) is 34.7 Å². The van der Waals surface area contributed by atoms with Gasteiger partial charge in [-0.3, -0.25) is 0 Å². The molecular formula is C8H8N2S. The van der Waals surface area contributed by atoms with Crippen molar-refractivity contribution >= 4 is 11.8 Å². The fraction of sp³-hybridized carbons (Fsp3) is 0.125. The molecule has 0 N–H and O–H groups in total. The summed E-state index contributed by atoms with van der Waals surface area (Å²) in [6.45, 7) is 3.63. The zero-order chi connectivity index (χ0) is 8.10. The van der Waals surface area contributed by atoms with E-state index in [-0.39, 0.29) is 5.37 Å². The first-order chi connectivity index (χ1) is 5.38. The van der Waals surface area contributed by atoms with E-state index in [0.29, 0.717) is 0 Å². The van der Waals surface area contributed by atoms with Crippen molar-refractivity contribution in [3.63, 3.8) is 0 Å². The Labute approximate surface area is 70.5 Å². The van der Waals surface area contributed by atoms with Crippen molar-refractivity contribution in [3.8, 4) is 5.40 Å². The quantitative estimate of drug-likeness (QED) is 0.584. The second-order valence-corrected chi connectivity index (χ2v) is 2.86. The van der Waals surface area contributed by atoms with Gasteiger partial charge in [0, 0.05) is 6.20 Å². The summed E-state index contributed by atoms with van der Waals surface area (Å²) in [5, 5.41) is 10.6. The molecule has 0 fully saturated rings. The Morgan fingerprint density at radius 1 is 1.64 bits per heavy atom. The van der Waals surface area contributed by atoms with Crippen LogP contribution in [0.2, 0.25) is 0 Å². The van der Waals surface area contributed by atoms with Crippen molar-refractivity contribution in [2.24, 2.45) is 0 Å². The van der Waals surface area contributed by atoms with Crippen molar-refractivity contribution in [2.45, 2.75) is 5.37 Å². The van der Waals surface area contributed by atoms with Gasteiger partial charge in [-0.1, -0.05) is 18.7 Å². The molecule has 1 heterocycles. The maximum atomic E-state index is 8.43. The summed E-state index contributed by atoms with van der Waals surface area (Å²) >= 11 is 1.21. The molecule has 0 aromatic heterocycles. The van der Waals surface area contributed by atoms with E-state index in [9.17, 15) is 0 Å². The van der Waals surface area contributed by atoms with Crippen LogP contribution in [0.1, 0.15) is 0 Å². The minimum Gasteiger partial charge on any atom is -0.338 e. The fourth-order valence-electron chi connectivity index (χ4n) is 0.811. The molecule has 1 aliphatic heterocycles. The van der Waals surface area contributed by atoms with Gasteiger partial charge in [0.15, 0.2) is 0 Å². The molecule has 0 saturated heterocycles. The van der Waals surface area contributed by atoms with Crippen LogP contribution in [0.3, 0.4) is 0 Å². The van der Waals surface area contributed by atoms with Gasteiger partial charge in [0.25, 0.3) is 0 Å². The summed E-state index contributed by atoms with van der Waals surface area (Å²) in [6, 6.07) is 0. The molecule has 1 atom stereocenters. The van der Waals surface area contributed by atoms with Crippen LogP contribution in [0.5, 0.6) is 0 Å². The molecule has 11 heavy (non-hydrogen) atoms. The molecule has 1 aliphatic rings. The molecule has 0 aliphatic carbocycles. The first kappa shape index (κ1) is 7.96. The molecule has 0 radical (unpaired) electrons. The standard InChI is InChI=1S/C8H8N2S/c1-2-10-6-4-3-5-8(10)11-7-9/h2-6,8H,1H2. The summed E-state index contributed by atoms with van der Waals surface area (Å²) < 4.78 is 0. The number of hydrogen-bond donors (Lipinski definition) is 0. The van der Waals surface area contributed by atoms with E-state index < -0.39 is 0 Å². The van der Waals surface area contributed by atoms with E-state index in [1.165, 1.54) is 11.8 Å². The Balaban J connectivity index is 2.64. The third-order valence-electron chi connectivity index (χ3n) is 1.32. The van der Waals surface area contributed by atoms with E-state index in [2.05, 4.69) is 6.58 Å². The Kier molecular flexibility index (Phi) is 2.82. The van der Waals surface area contributed by atoms with E-state index in [0.717, 1.165) is 0 Å². The molecular weight excluding hydrogens is 156 g/mol. The van der Waals surface area contributed by atoms with Crippen LogP contribution in [0.4, 0.5) is 0 Å². The number of thiocyanates is 1. The predicted octanol–water partition coefficient (Wildman–Crippen LogP) is 2.06. The Bertz CT molecular complexity index is 237. The second kappa shape index (κ2) is 3.89. The highest BCUT2D eigenvalue weighted by Crippen LogP contribution is 2.19. The Morgan fingerprint density at radius 2 is 2.45 bits per heavy atom. The topological polar surface area (TPSA) is 27.0 Å². The van der Waals surface area contributed by atoms with Gasteiger partial charge in [-0.15, -0.1) is 0 Å². The zero-order valence-electron chi connectivity index (χ0n) is 5.97. The average molecular weight is 164 g/mol. The Morgan fingerprint density at radius 3 is 3.09 bits per heavy atom. The van der Waals surface area contributed by atoms with Gasteiger partial charge in [0.2, 0.25) is 0 Å². The molecule has 0 amide bonds. The molecule has 0 spiro atoms. The number of nitrogens with zero attached hydrogens (tertiary/aromatic N) is 2. The molecule has 1 rings (SSSR count). The summed E-state index contributed by atoms with van der Waals surface area (Å²) in [7, 11) is 0. The fourth-order valence-corrected chi connectivity index (χ4v) is 1.37. The number of rotatable bonds is 2. The smallest absolute Gasteiger partial charge is 0.135 e. The number of thioether (sulfide) groups is 1. The first-order valence-electron chi connectivity index (χ1n) is 3.18. The lowest BCUT2D eigenvalue weighted by molar-refractivity contribution is 0.529. The summed E-state index contributed by atoms with van der Waals surface area (Å²) in [5.41, 5.74) is 0. The van der Waals surface area contributed by atoms with Gasteiger partial charge in [-0.2, -0.15) is 5.26 Å². The SMILES string of the molecule is C=CN1C=CC=CC1SC#N. The highest BCUT2D eigenvalue weighted by atomic mass is 32.2. The molecule has 0 saturated carbocycles. The highest BCUT2D eigenvalue weighted by Gasteiger charge is 2.10. The second-order valence-electron chi connectivity index (χ2n) is 1.96. The molecule has 1 unspecified atom stereocenters. The van der Waals surface area contributed by atoms with Crippen LogP contribution in [-0.2, 0) is 0 Å². The molecule has 0 aromatic carbocycles. The molecule has 0 bridgehead atoms. The molecule has 3 heteroatoms. The predicted molar refractivity (Wildman–Crippen MR) is 47.3 cm³/mol. The van der Waals surface area contributed by atoms with Gasteiger partial charge in [0.05, 0.1) is 0 Å². The van der Waals surface area contributed by atoms with Gasteiger partial charge in [-0.05, 0) is 24.0 Å². The van der Waals surface area contributed by atoms with Crippen LogP contribution in [0.25, 0.3) is 0 Å². The maximum Gasteiger partial charge on any atom is 0.135 e. The van der Waals surface area contributed by atoms with Crippen molar-refractivity contribution in [2.75, 3.05) is 0 Å². The van der Waals surface area contributed by atoms with Crippen molar-refractivity contribution in [1.82, 2.24) is 4.90 Å². The van der Waals surface area contributed by atoms with E-state index in [1.54, 1.807) is 6.20 Å². The van der Waals surface area contributed by atoms with Crippen LogP contribution in [0, 0.1) is 10.7 Å². The van der Waals surface area contributed by atoms with Gasteiger partial charge in [0.1, 0.15) is 10.8 Å². The number of allylic oxidation sites excluding steroid dienone is 2. The van der Waals surface area contributed by atoms with Gasteiger partial charge in [-0.25, -0.2) is 0 Å².